The molecule has 7 heteroatoms. The summed E-state index contributed by atoms with van der Waals surface area (Å²) in [4.78, 5) is 36.7. The van der Waals surface area contributed by atoms with Crippen LogP contribution in [0.3, 0.4) is 0 Å². The summed E-state index contributed by atoms with van der Waals surface area (Å²) in [7, 11) is 0. The van der Waals surface area contributed by atoms with Crippen LogP contribution >= 0.6 is 0 Å². The highest BCUT2D eigenvalue weighted by molar-refractivity contribution is 5.84. The first-order chi connectivity index (χ1) is 17.0. The molecule has 0 radical (unpaired) electrons. The van der Waals surface area contributed by atoms with Gasteiger partial charge in [0.2, 0.25) is 5.91 Å². The molecule has 7 nitrogen and oxygen atoms in total. The second-order valence-electron chi connectivity index (χ2n) is 8.50. The summed E-state index contributed by atoms with van der Waals surface area (Å²) < 4.78 is 5.64. The number of hydrogen-bond donors (Lipinski definition) is 3. The second-order valence-corrected chi connectivity index (χ2v) is 8.50. The number of carboxylic acids is 1. The maximum Gasteiger partial charge on any atom is 0.407 e. The van der Waals surface area contributed by atoms with Gasteiger partial charge in [0, 0.05) is 5.92 Å². The molecule has 0 fully saturated rings. The van der Waals surface area contributed by atoms with Crippen LogP contribution in [-0.2, 0) is 14.3 Å². The van der Waals surface area contributed by atoms with Gasteiger partial charge in [-0.25, -0.2) is 9.59 Å². The molecule has 3 aromatic carbocycles. The van der Waals surface area contributed by atoms with Gasteiger partial charge in [-0.1, -0.05) is 85.8 Å². The van der Waals surface area contributed by atoms with Gasteiger partial charge in [0.25, 0.3) is 0 Å². The normalized spacial score (nSPS) is 13.7. The predicted octanol–water partition coefficient (Wildman–Crippen LogP) is 4.64. The molecular formula is C28H28N2O5. The van der Waals surface area contributed by atoms with Crippen LogP contribution in [-0.4, -0.2) is 35.7 Å². The van der Waals surface area contributed by atoms with Crippen molar-refractivity contribution < 1.29 is 24.2 Å². The fourth-order valence-electron chi connectivity index (χ4n) is 4.50. The van der Waals surface area contributed by atoms with Gasteiger partial charge >= 0.3 is 12.1 Å². The largest absolute Gasteiger partial charge is 0.480 e. The Balaban J connectivity index is 1.44. The molecule has 0 heterocycles. The molecule has 0 bridgehead atoms. The fraction of sp³-hybridized carbons (Fsp3) is 0.250. The van der Waals surface area contributed by atoms with Gasteiger partial charge in [-0.05, 0) is 34.2 Å². The van der Waals surface area contributed by atoms with E-state index in [0.29, 0.717) is 0 Å². The minimum atomic E-state index is -1.10. The molecule has 0 saturated heterocycles. The van der Waals surface area contributed by atoms with Crippen molar-refractivity contribution in [3.8, 4) is 11.1 Å². The van der Waals surface area contributed by atoms with Crippen LogP contribution in [0.25, 0.3) is 11.1 Å². The van der Waals surface area contributed by atoms with Gasteiger partial charge in [-0.3, -0.25) is 4.79 Å². The number of nitrogens with one attached hydrogen (secondary N) is 2. The molecule has 3 aromatic rings. The van der Waals surface area contributed by atoms with Gasteiger partial charge in [-0.2, -0.15) is 0 Å². The standard InChI is InChI=1S/C28H28N2O5/c1-2-24(27(32)33)29-26(31)16-25(18-10-4-3-5-11-18)30-28(34)35-17-23-21-14-8-6-12-19(21)20-13-7-9-15-22(20)23/h3-15,23-25H,2,16-17H2,1H3,(H,29,31)(H,30,34)(H,32,33)/t24-,25?/m0/s1. The van der Waals surface area contributed by atoms with Crippen LogP contribution in [0.1, 0.15) is 48.4 Å². The number of fused-ring (bicyclic) bond motifs is 3. The highest BCUT2D eigenvalue weighted by Crippen LogP contribution is 2.44. The summed E-state index contributed by atoms with van der Waals surface area (Å²) in [5.74, 6) is -1.64. The van der Waals surface area contributed by atoms with Gasteiger partial charge in [-0.15, -0.1) is 0 Å². The van der Waals surface area contributed by atoms with Crippen LogP contribution in [0.4, 0.5) is 4.79 Å². The van der Waals surface area contributed by atoms with E-state index in [4.69, 9.17) is 4.74 Å². The lowest BCUT2D eigenvalue weighted by Gasteiger charge is -2.21. The molecule has 1 unspecified atom stereocenters. The number of alkyl carbamates (subject to hydrolysis) is 1. The van der Waals surface area contributed by atoms with E-state index in [2.05, 4.69) is 22.8 Å². The zero-order valence-electron chi connectivity index (χ0n) is 19.4. The predicted molar refractivity (Wildman–Crippen MR) is 132 cm³/mol. The molecular weight excluding hydrogens is 444 g/mol. The summed E-state index contributed by atoms with van der Waals surface area (Å²) in [5.41, 5.74) is 5.22. The average molecular weight is 473 g/mol. The third-order valence-electron chi connectivity index (χ3n) is 6.27. The first-order valence-corrected chi connectivity index (χ1v) is 11.7. The van der Waals surface area contributed by atoms with Crippen molar-refractivity contribution in [1.82, 2.24) is 10.6 Å². The summed E-state index contributed by atoms with van der Waals surface area (Å²) in [6.45, 7) is 1.84. The number of carbonyl (C=O) groups excluding carboxylic acids is 2. The van der Waals surface area contributed by atoms with Crippen molar-refractivity contribution in [1.29, 1.82) is 0 Å². The number of hydrogen-bond acceptors (Lipinski definition) is 4. The van der Waals surface area contributed by atoms with E-state index < -0.39 is 30.1 Å². The lowest BCUT2D eigenvalue weighted by atomic mass is 9.98. The van der Waals surface area contributed by atoms with Crippen molar-refractivity contribution in [2.24, 2.45) is 0 Å². The molecule has 0 aliphatic heterocycles. The SMILES string of the molecule is CC[C@H](NC(=O)CC(NC(=O)OCC1c2ccccc2-c2ccccc21)c1ccccc1)C(=O)O. The van der Waals surface area contributed by atoms with E-state index >= 15 is 0 Å². The Labute approximate surface area is 204 Å². The molecule has 2 amide bonds. The summed E-state index contributed by atoms with van der Waals surface area (Å²) in [6.07, 6.45) is -0.492. The van der Waals surface area contributed by atoms with Crippen molar-refractivity contribution >= 4 is 18.0 Å². The van der Waals surface area contributed by atoms with E-state index in [-0.39, 0.29) is 25.4 Å². The third-order valence-corrected chi connectivity index (χ3v) is 6.27. The minimum absolute atomic E-state index is 0.0764. The lowest BCUT2D eigenvalue weighted by molar-refractivity contribution is -0.142. The molecule has 4 rings (SSSR count). The quantitative estimate of drug-likeness (QED) is 0.421. The lowest BCUT2D eigenvalue weighted by Crippen LogP contribution is -2.42. The average Bonchev–Trinajstić information content (AvgIpc) is 3.19. The highest BCUT2D eigenvalue weighted by atomic mass is 16.5. The van der Waals surface area contributed by atoms with Crippen LogP contribution in [0.15, 0.2) is 78.9 Å². The zero-order chi connectivity index (χ0) is 24.8. The molecule has 35 heavy (non-hydrogen) atoms. The van der Waals surface area contributed by atoms with E-state index in [9.17, 15) is 19.5 Å². The summed E-state index contributed by atoms with van der Waals surface area (Å²) in [6, 6.07) is 23.6. The number of ether oxygens (including phenoxy) is 1. The van der Waals surface area contributed by atoms with Gasteiger partial charge in [0.05, 0.1) is 12.5 Å². The van der Waals surface area contributed by atoms with E-state index in [1.165, 1.54) is 0 Å². The molecule has 3 N–H and O–H groups in total. The Morgan fingerprint density at radius 2 is 1.43 bits per heavy atom. The maximum atomic E-state index is 12.8. The molecule has 1 aliphatic carbocycles. The number of carbonyl (C=O) groups is 3. The van der Waals surface area contributed by atoms with Crippen molar-refractivity contribution in [2.75, 3.05) is 6.61 Å². The van der Waals surface area contributed by atoms with Gasteiger partial charge in [0.1, 0.15) is 12.6 Å². The maximum absolute atomic E-state index is 12.8. The Bertz CT molecular complexity index is 1170. The minimum Gasteiger partial charge on any atom is -0.480 e. The van der Waals surface area contributed by atoms with Crippen molar-refractivity contribution in [3.63, 3.8) is 0 Å². The van der Waals surface area contributed by atoms with E-state index in [0.717, 1.165) is 27.8 Å². The zero-order valence-corrected chi connectivity index (χ0v) is 19.4. The van der Waals surface area contributed by atoms with Gasteiger partial charge < -0.3 is 20.5 Å². The first-order valence-electron chi connectivity index (χ1n) is 11.7. The Hall–Kier alpha value is -4.13. The molecule has 0 aromatic heterocycles. The molecule has 0 spiro atoms. The Morgan fingerprint density at radius 1 is 0.857 bits per heavy atom. The van der Waals surface area contributed by atoms with Crippen LogP contribution in [0, 0.1) is 0 Å². The monoisotopic (exact) mass is 472 g/mol. The molecule has 2 atom stereocenters. The summed E-state index contributed by atoms with van der Waals surface area (Å²) >= 11 is 0. The van der Waals surface area contributed by atoms with Gasteiger partial charge in [0.15, 0.2) is 0 Å². The first kappa shape index (κ1) is 24.0. The second kappa shape index (κ2) is 10.9. The Kier molecular flexibility index (Phi) is 7.45. The van der Waals surface area contributed by atoms with Crippen LogP contribution < -0.4 is 10.6 Å². The van der Waals surface area contributed by atoms with Crippen molar-refractivity contribution in [2.45, 2.75) is 37.8 Å². The van der Waals surface area contributed by atoms with E-state index in [1.807, 2.05) is 54.6 Å². The number of benzene rings is 3. The number of amides is 2. The number of aliphatic carboxylic acids is 1. The smallest absolute Gasteiger partial charge is 0.407 e. The topological polar surface area (TPSA) is 105 Å². The molecule has 180 valence electrons. The molecule has 1 aliphatic rings. The number of rotatable bonds is 9. The summed E-state index contributed by atoms with van der Waals surface area (Å²) in [5, 5.41) is 14.5. The van der Waals surface area contributed by atoms with Crippen LogP contribution in [0.2, 0.25) is 0 Å². The number of carboxylic acid groups (broad SMARTS) is 1. The van der Waals surface area contributed by atoms with E-state index in [1.54, 1.807) is 19.1 Å². The van der Waals surface area contributed by atoms with Crippen molar-refractivity contribution in [3.05, 3.63) is 95.6 Å². The molecule has 0 saturated carbocycles. The third kappa shape index (κ3) is 5.51. The fourth-order valence-corrected chi connectivity index (χ4v) is 4.50. The Morgan fingerprint density at radius 3 is 2.00 bits per heavy atom. The van der Waals surface area contributed by atoms with Crippen LogP contribution in [0.5, 0.6) is 0 Å². The highest BCUT2D eigenvalue weighted by Gasteiger charge is 2.29.